The molecule has 14 heteroatoms. The molecule has 0 aliphatic rings. The molecule has 0 atom stereocenters. The molecule has 0 fully saturated rings. The molecule has 77 valence electrons. The van der Waals surface area contributed by atoms with Crippen molar-refractivity contribution in [2.45, 2.75) is 0 Å². The van der Waals surface area contributed by atoms with Gasteiger partial charge in [0.25, 0.3) is 0 Å². The summed E-state index contributed by atoms with van der Waals surface area (Å²) in [5, 5.41) is 0. The maximum Gasteiger partial charge on any atom is 0 e. The van der Waals surface area contributed by atoms with Crippen LogP contribution in [0.15, 0.2) is 0 Å². The molecule has 0 N–H and O–H groups in total. The molecule has 0 saturated heterocycles. The van der Waals surface area contributed by atoms with Gasteiger partial charge in [0, 0.05) is 241 Å². The van der Waals surface area contributed by atoms with Crippen LogP contribution >= 0.6 is 0 Å². The molecule has 15 heavy (non-hydrogen) atoms. The third-order valence-electron chi connectivity index (χ3n) is 0. The minimum Gasteiger partial charge on any atom is -0.545 e. The summed E-state index contributed by atoms with van der Waals surface area (Å²) < 4.78 is 0. The largest absolute Gasteiger partial charge is 0.545 e. The third-order valence-corrected chi connectivity index (χ3v) is 0. The quantitative estimate of drug-likeness (QED) is 0.252. The second-order valence-electron chi connectivity index (χ2n) is 0. The first-order valence-electron chi connectivity index (χ1n) is 0.236. The molecule has 0 aromatic rings. The van der Waals surface area contributed by atoms with E-state index < -0.39 is 0 Å². The summed E-state index contributed by atoms with van der Waals surface area (Å²) in [6.45, 7) is 3.25. The Morgan fingerprint density at radius 1 is 0.267 bits per heavy atom. The fourth-order valence-corrected chi connectivity index (χ4v) is 0. The Morgan fingerprint density at radius 2 is 0.267 bits per heavy atom. The topological polar surface area (TPSA) is 17.1 Å². The van der Waals surface area contributed by atoms with Gasteiger partial charge in [-0.05, 0) is 0 Å². The molecule has 13 radical (unpaired) electrons. The summed E-state index contributed by atoms with van der Waals surface area (Å²) in [7, 11) is 0. The molecule has 0 heterocycles. The van der Waals surface area contributed by atoms with E-state index in [9.17, 15) is 0 Å². The summed E-state index contributed by atoms with van der Waals surface area (Å²) in [5.74, 6) is 0. The van der Waals surface area contributed by atoms with Crippen molar-refractivity contribution in [2.75, 3.05) is 0 Å². The zero-order chi connectivity index (χ0) is 2.00. The fourth-order valence-electron chi connectivity index (χ4n) is 0. The normalized spacial score (nSPS) is 0.267. The predicted octanol–water partition coefficient (Wildman–Crippen LogP) is -0.307. The Hall–Kier alpha value is 7.27. The molecule has 0 amide bonds. The summed E-state index contributed by atoms with van der Waals surface area (Å²) in [4.78, 5) is 7.75. The van der Waals surface area contributed by atoms with Gasteiger partial charge in [-0.1, -0.05) is 0 Å². The van der Waals surface area contributed by atoms with E-state index in [1.54, 1.807) is 0 Å². The summed E-state index contributed by atoms with van der Waals surface area (Å²) in [6, 6.07) is 0. The third kappa shape index (κ3) is 149. The van der Waals surface area contributed by atoms with Crippen molar-refractivity contribution in [1.82, 2.24) is 0 Å². The smallest absolute Gasteiger partial charge is 0 e. The zero-order valence-electron chi connectivity index (χ0n) is 6.80. The van der Waals surface area contributed by atoms with E-state index in [-0.39, 0.29) is 241 Å². The van der Waals surface area contributed by atoms with Crippen LogP contribution in [0.5, 0.6) is 0 Å². The Bertz CT molecular complexity index is 10.5. The van der Waals surface area contributed by atoms with Crippen LogP contribution < -0.4 is 0 Å². The van der Waals surface area contributed by atoms with Crippen molar-refractivity contribution in [1.29, 1.82) is 0 Å². The van der Waals surface area contributed by atoms with Crippen LogP contribution in [0.2, 0.25) is 0 Å². The molecule has 0 spiro atoms. The van der Waals surface area contributed by atoms with Gasteiger partial charge in [0.15, 0.2) is 0 Å². The summed E-state index contributed by atoms with van der Waals surface area (Å²) >= 11 is 0. The Balaban J connectivity index is -0.0000000000641. The first kappa shape index (κ1) is 147. The minimum absolute atomic E-state index is 0. The molecule has 0 aromatic heterocycles. The molecule has 1 nitrogen and oxygen atoms in total. The SMILES string of the molecule is [CH-]=O.[V].[V].[V].[V].[V].[V].[V].[V].[V].[V].[V].[V].[V]. The first-order chi connectivity index (χ1) is 1.00. The van der Waals surface area contributed by atoms with Gasteiger partial charge in [-0.25, -0.2) is 0 Å². The average molecular weight is 691 g/mol. The number of hydrogen-bond acceptors (Lipinski definition) is 1. The van der Waals surface area contributed by atoms with Crippen LogP contribution in [-0.4, -0.2) is 6.79 Å². The van der Waals surface area contributed by atoms with Crippen molar-refractivity contribution in [3.05, 3.63) is 0 Å². The van der Waals surface area contributed by atoms with Gasteiger partial charge in [0.2, 0.25) is 0 Å². The van der Waals surface area contributed by atoms with Crippen LogP contribution in [0.1, 0.15) is 0 Å². The molecule has 0 aliphatic heterocycles. The van der Waals surface area contributed by atoms with Crippen molar-refractivity contribution in [2.24, 2.45) is 0 Å². The van der Waals surface area contributed by atoms with Gasteiger partial charge < -0.3 is 4.79 Å². The van der Waals surface area contributed by atoms with Gasteiger partial charge in [0.05, 0.1) is 0 Å². The first-order valence-corrected chi connectivity index (χ1v) is 0.236. The Morgan fingerprint density at radius 3 is 0.267 bits per heavy atom. The molecular formula is CHOV13-. The maximum absolute atomic E-state index is 7.75. The molecule has 0 unspecified atom stereocenters. The van der Waals surface area contributed by atoms with Crippen molar-refractivity contribution >= 4 is 6.79 Å². The fraction of sp³-hybridized carbons (Fsp3) is 0. The van der Waals surface area contributed by atoms with Crippen LogP contribution in [0.3, 0.4) is 0 Å². The van der Waals surface area contributed by atoms with E-state index >= 15 is 0 Å². The predicted molar refractivity (Wildman–Crippen MR) is 6.75 cm³/mol. The number of rotatable bonds is 0. The minimum atomic E-state index is 0. The van der Waals surface area contributed by atoms with Crippen LogP contribution in [-0.2, 0) is 246 Å². The second kappa shape index (κ2) is 165. The number of carbonyl (C=O) groups excluding carboxylic acids is 1. The van der Waals surface area contributed by atoms with E-state index in [1.807, 2.05) is 0 Å². The van der Waals surface area contributed by atoms with Gasteiger partial charge in [-0.3, -0.25) is 6.79 Å². The van der Waals surface area contributed by atoms with Gasteiger partial charge >= 0.3 is 0 Å². The van der Waals surface area contributed by atoms with E-state index in [4.69, 9.17) is 4.79 Å². The monoisotopic (exact) mass is 691 g/mol. The maximum atomic E-state index is 7.75. The Labute approximate surface area is 247 Å². The molecular weight excluding hydrogens is 690 g/mol. The van der Waals surface area contributed by atoms with Crippen LogP contribution in [0.4, 0.5) is 0 Å². The average Bonchev–Trinajstić information content (AvgIpc) is 1.00. The van der Waals surface area contributed by atoms with Gasteiger partial charge in [0.1, 0.15) is 0 Å². The van der Waals surface area contributed by atoms with E-state index in [0.717, 1.165) is 0 Å². The van der Waals surface area contributed by atoms with Gasteiger partial charge in [-0.15, -0.1) is 0 Å². The molecule has 0 bridgehead atoms. The summed E-state index contributed by atoms with van der Waals surface area (Å²) in [6.07, 6.45) is 0. The van der Waals surface area contributed by atoms with E-state index in [0.29, 0.717) is 0 Å². The van der Waals surface area contributed by atoms with Crippen LogP contribution in [0, 0.1) is 0 Å². The number of hydrogen-bond donors (Lipinski definition) is 0. The van der Waals surface area contributed by atoms with Crippen molar-refractivity contribution < 1.29 is 246 Å². The molecule has 0 saturated carbocycles. The second-order valence-corrected chi connectivity index (χ2v) is 0. The van der Waals surface area contributed by atoms with Crippen molar-refractivity contribution in [3.8, 4) is 0 Å². The van der Waals surface area contributed by atoms with E-state index in [1.165, 1.54) is 0 Å². The van der Waals surface area contributed by atoms with Crippen LogP contribution in [0.25, 0.3) is 0 Å². The van der Waals surface area contributed by atoms with Gasteiger partial charge in [-0.2, -0.15) is 0 Å². The molecule has 0 aromatic carbocycles. The van der Waals surface area contributed by atoms with Crippen molar-refractivity contribution in [3.63, 3.8) is 0 Å². The zero-order valence-corrected chi connectivity index (χ0v) is 25.0. The molecule has 0 rings (SSSR count). The summed E-state index contributed by atoms with van der Waals surface area (Å²) in [5.41, 5.74) is 0. The standard InChI is InChI=1S/CHO.13V/c1-2;;;;;;;;;;;;;/h1H;;;;;;;;;;;;;/q-1;;;;;;;;;;;;;. The Kier molecular flexibility index (Phi) is 1620. The molecule has 0 aliphatic carbocycles. The van der Waals surface area contributed by atoms with E-state index in [2.05, 4.69) is 6.79 Å².